The van der Waals surface area contributed by atoms with Crippen molar-refractivity contribution in [3.8, 4) is 23.1 Å². The maximum atomic E-state index is 13.6. The number of amides is 1. The second-order valence-corrected chi connectivity index (χ2v) is 10.0. The molecule has 1 N–H and O–H groups in total. The summed E-state index contributed by atoms with van der Waals surface area (Å²) in [5, 5.41) is 23.9. The SMILES string of the molecule is C[C@H](NC(=O)/C(C#N)=c1\s/c(=C/c2ccc(-c3ccc([N+](=O)[O-])cc3)o2)c(=O)n1-c1ccccc1)c1ccccc1. The third kappa shape index (κ3) is 5.75. The normalized spacial score (nSPS) is 12.8. The monoisotopic (exact) mass is 562 g/mol. The minimum absolute atomic E-state index is 0.0357. The van der Waals surface area contributed by atoms with Gasteiger partial charge in [0.05, 0.1) is 21.2 Å². The van der Waals surface area contributed by atoms with Crippen molar-refractivity contribution in [1.29, 1.82) is 5.26 Å². The maximum absolute atomic E-state index is 13.6. The molecule has 5 rings (SSSR count). The molecule has 0 spiro atoms. The van der Waals surface area contributed by atoms with Crippen LogP contribution in [0.4, 0.5) is 5.69 Å². The van der Waals surface area contributed by atoms with E-state index in [1.54, 1.807) is 60.7 Å². The van der Waals surface area contributed by atoms with Crippen LogP contribution in [0.1, 0.15) is 24.3 Å². The van der Waals surface area contributed by atoms with Crippen LogP contribution in [0.2, 0.25) is 0 Å². The lowest BCUT2D eigenvalue weighted by Gasteiger charge is -2.13. The first kappa shape index (κ1) is 27.1. The lowest BCUT2D eigenvalue weighted by Crippen LogP contribution is -2.34. The number of nitrogens with zero attached hydrogens (tertiary/aromatic N) is 3. The van der Waals surface area contributed by atoms with Crippen LogP contribution in [0, 0.1) is 21.4 Å². The number of hydrogen-bond donors (Lipinski definition) is 1. The Morgan fingerprint density at radius 2 is 1.68 bits per heavy atom. The van der Waals surface area contributed by atoms with Crippen molar-refractivity contribution in [2.45, 2.75) is 13.0 Å². The molecule has 3 aromatic carbocycles. The standard InChI is InChI=1S/C31H22N4O5S/c1-20(21-8-4-2-5-9-21)33-29(36)26(19-32)31-34(23-10-6-3-7-11-23)30(37)28(41-31)18-25-16-17-27(40-25)22-12-14-24(15-13-22)35(38)39/h2-18,20H,1H3,(H,33,36)/b28-18+,31-26-/t20-/m0/s1. The van der Waals surface area contributed by atoms with Crippen LogP contribution in [0.5, 0.6) is 0 Å². The molecule has 0 bridgehead atoms. The van der Waals surface area contributed by atoms with Gasteiger partial charge in [-0.3, -0.25) is 24.3 Å². The van der Waals surface area contributed by atoms with Crippen LogP contribution in [0.15, 0.2) is 106 Å². The highest BCUT2D eigenvalue weighted by Crippen LogP contribution is 2.24. The molecule has 0 saturated heterocycles. The largest absolute Gasteiger partial charge is 0.457 e. The van der Waals surface area contributed by atoms with Crippen molar-refractivity contribution in [1.82, 2.24) is 9.88 Å². The fourth-order valence-corrected chi connectivity index (χ4v) is 5.30. The van der Waals surface area contributed by atoms with Gasteiger partial charge in [-0.2, -0.15) is 5.26 Å². The van der Waals surface area contributed by atoms with Crippen LogP contribution in [-0.2, 0) is 4.79 Å². The van der Waals surface area contributed by atoms with E-state index < -0.39 is 16.4 Å². The number of aromatic nitrogens is 1. The molecule has 41 heavy (non-hydrogen) atoms. The van der Waals surface area contributed by atoms with Crippen molar-refractivity contribution in [3.63, 3.8) is 0 Å². The molecule has 10 heteroatoms. The van der Waals surface area contributed by atoms with E-state index in [1.165, 1.54) is 16.7 Å². The molecule has 202 valence electrons. The van der Waals surface area contributed by atoms with E-state index in [4.69, 9.17) is 4.42 Å². The lowest BCUT2D eigenvalue weighted by atomic mass is 10.1. The number of carbonyl (C=O) groups is 1. The van der Waals surface area contributed by atoms with Crippen LogP contribution in [0.3, 0.4) is 0 Å². The van der Waals surface area contributed by atoms with E-state index >= 15 is 0 Å². The third-order valence-electron chi connectivity index (χ3n) is 6.30. The number of nitro groups is 1. The summed E-state index contributed by atoms with van der Waals surface area (Å²) in [6, 6.07) is 29.1. The van der Waals surface area contributed by atoms with Crippen LogP contribution < -0.4 is 20.1 Å². The zero-order chi connectivity index (χ0) is 28.9. The second kappa shape index (κ2) is 11.7. The van der Waals surface area contributed by atoms with Crippen LogP contribution in [-0.4, -0.2) is 15.4 Å². The molecular formula is C31H22N4O5S. The number of non-ortho nitro benzene ring substituents is 1. The summed E-state index contributed by atoms with van der Waals surface area (Å²) < 4.78 is 7.70. The molecule has 0 aliphatic rings. The predicted octanol–water partition coefficient (Wildman–Crippen LogP) is 4.45. The Hall–Kier alpha value is -5.53. The summed E-state index contributed by atoms with van der Waals surface area (Å²) in [6.07, 6.45) is 1.55. The Morgan fingerprint density at radius 3 is 2.32 bits per heavy atom. The summed E-state index contributed by atoms with van der Waals surface area (Å²) in [6.45, 7) is 1.82. The molecule has 0 fully saturated rings. The first-order valence-corrected chi connectivity index (χ1v) is 13.3. The first-order valence-electron chi connectivity index (χ1n) is 12.5. The lowest BCUT2D eigenvalue weighted by molar-refractivity contribution is -0.384. The highest BCUT2D eigenvalue weighted by Gasteiger charge is 2.19. The smallest absolute Gasteiger partial charge is 0.273 e. The first-order chi connectivity index (χ1) is 19.9. The Morgan fingerprint density at radius 1 is 1.02 bits per heavy atom. The molecule has 2 aromatic heterocycles. The fraction of sp³-hybridized carbons (Fsp3) is 0.0645. The van der Waals surface area contributed by atoms with Gasteiger partial charge >= 0.3 is 0 Å². The van der Waals surface area contributed by atoms with E-state index in [2.05, 4.69) is 5.32 Å². The summed E-state index contributed by atoms with van der Waals surface area (Å²) in [7, 11) is 0. The molecule has 1 atom stereocenters. The van der Waals surface area contributed by atoms with Gasteiger partial charge in [-0.1, -0.05) is 48.5 Å². The minimum atomic E-state index is -0.597. The molecule has 0 saturated carbocycles. The quantitative estimate of drug-likeness (QED) is 0.230. The van der Waals surface area contributed by atoms with Gasteiger partial charge in [-0.15, -0.1) is 11.3 Å². The van der Waals surface area contributed by atoms with Gasteiger partial charge in [0, 0.05) is 23.8 Å². The van der Waals surface area contributed by atoms with E-state index in [0.717, 1.165) is 16.9 Å². The van der Waals surface area contributed by atoms with Gasteiger partial charge in [0.1, 0.15) is 22.3 Å². The number of furan rings is 1. The van der Waals surface area contributed by atoms with Crippen LogP contribution in [0.25, 0.3) is 28.7 Å². The number of nitrogens with one attached hydrogen (secondary N) is 1. The number of nitro benzene ring substituents is 1. The van der Waals surface area contributed by atoms with Crippen molar-refractivity contribution in [2.75, 3.05) is 0 Å². The highest BCUT2D eigenvalue weighted by atomic mass is 32.1. The highest BCUT2D eigenvalue weighted by molar-refractivity contribution is 7.07. The minimum Gasteiger partial charge on any atom is -0.457 e. The average molecular weight is 563 g/mol. The Kier molecular flexibility index (Phi) is 7.71. The molecular weight excluding hydrogens is 540 g/mol. The van der Waals surface area contributed by atoms with Crippen LogP contribution >= 0.6 is 11.3 Å². The Bertz CT molecular complexity index is 1950. The van der Waals surface area contributed by atoms with Gasteiger partial charge < -0.3 is 9.73 Å². The zero-order valence-corrected chi connectivity index (χ0v) is 22.5. The number of nitriles is 1. The number of hydrogen-bond acceptors (Lipinski definition) is 7. The molecule has 0 aliphatic heterocycles. The number of para-hydroxylation sites is 1. The fourth-order valence-electron chi connectivity index (χ4n) is 4.21. The molecule has 0 unspecified atom stereocenters. The van der Waals surface area contributed by atoms with Gasteiger partial charge in [0.25, 0.3) is 17.2 Å². The molecule has 2 heterocycles. The number of rotatable bonds is 7. The Labute approximate surface area is 237 Å². The molecule has 9 nitrogen and oxygen atoms in total. The van der Waals surface area contributed by atoms with E-state index in [-0.39, 0.29) is 26.5 Å². The third-order valence-corrected chi connectivity index (χ3v) is 7.39. The number of benzene rings is 3. The van der Waals surface area contributed by atoms with E-state index in [0.29, 0.717) is 22.8 Å². The predicted molar refractivity (Wildman–Crippen MR) is 156 cm³/mol. The summed E-state index contributed by atoms with van der Waals surface area (Å²) in [5.74, 6) is 0.230. The van der Waals surface area contributed by atoms with Gasteiger partial charge in [0.2, 0.25) is 0 Å². The van der Waals surface area contributed by atoms with E-state index in [9.17, 15) is 25.0 Å². The van der Waals surface area contributed by atoms with Crippen molar-refractivity contribution >= 4 is 34.6 Å². The average Bonchev–Trinajstić information content (AvgIpc) is 3.59. The number of carbonyl (C=O) groups excluding carboxylic acids is 1. The van der Waals surface area contributed by atoms with E-state index in [1.807, 2.05) is 43.3 Å². The summed E-state index contributed by atoms with van der Waals surface area (Å²) in [4.78, 5) is 37.4. The molecule has 1 amide bonds. The maximum Gasteiger partial charge on any atom is 0.273 e. The number of thiazole rings is 1. The topological polar surface area (TPSA) is 131 Å². The van der Waals surface area contributed by atoms with Gasteiger partial charge in [0.15, 0.2) is 5.57 Å². The molecule has 0 aliphatic carbocycles. The summed E-state index contributed by atoms with van der Waals surface area (Å²) >= 11 is 1.01. The summed E-state index contributed by atoms with van der Waals surface area (Å²) in [5.41, 5.74) is 1.37. The van der Waals surface area contributed by atoms with Crippen molar-refractivity contribution in [2.24, 2.45) is 0 Å². The second-order valence-electron chi connectivity index (χ2n) is 8.99. The Balaban J connectivity index is 1.59. The van der Waals surface area contributed by atoms with Crippen molar-refractivity contribution in [3.05, 3.63) is 138 Å². The van der Waals surface area contributed by atoms with Gasteiger partial charge in [-0.05, 0) is 48.9 Å². The van der Waals surface area contributed by atoms with Crippen molar-refractivity contribution < 1.29 is 14.1 Å². The van der Waals surface area contributed by atoms with Gasteiger partial charge in [-0.25, -0.2) is 0 Å². The molecule has 5 aromatic rings. The zero-order valence-electron chi connectivity index (χ0n) is 21.7. The molecule has 0 radical (unpaired) electrons.